The van der Waals surface area contributed by atoms with Crippen molar-refractivity contribution < 1.29 is 18.0 Å². The van der Waals surface area contributed by atoms with Crippen molar-refractivity contribution >= 4 is 17.2 Å². The summed E-state index contributed by atoms with van der Waals surface area (Å²) in [5, 5.41) is 5.57. The summed E-state index contributed by atoms with van der Waals surface area (Å²) in [5.74, 6) is -1.76. The number of amides is 1. The van der Waals surface area contributed by atoms with Gasteiger partial charge in [-0.25, -0.2) is 13.5 Å². The number of thiophene rings is 1. The van der Waals surface area contributed by atoms with Crippen LogP contribution >= 0.6 is 11.3 Å². The van der Waals surface area contributed by atoms with Crippen molar-refractivity contribution in [2.45, 2.75) is 38.8 Å². The van der Waals surface area contributed by atoms with Crippen molar-refractivity contribution in [3.05, 3.63) is 64.0 Å². The summed E-state index contributed by atoms with van der Waals surface area (Å²) < 4.78 is 41.9. The number of aromatic nitrogens is 2. The molecule has 1 fully saturated rings. The molecule has 4 rings (SSSR count). The van der Waals surface area contributed by atoms with Crippen LogP contribution in [0.5, 0.6) is 0 Å². The zero-order valence-corrected chi connectivity index (χ0v) is 16.8. The van der Waals surface area contributed by atoms with Crippen LogP contribution in [0.3, 0.4) is 0 Å². The van der Waals surface area contributed by atoms with Gasteiger partial charge in [-0.3, -0.25) is 4.79 Å². The molecular weight excluding hydrogens is 399 g/mol. The van der Waals surface area contributed by atoms with E-state index in [0.717, 1.165) is 34.4 Å². The van der Waals surface area contributed by atoms with Crippen molar-refractivity contribution in [1.82, 2.24) is 14.7 Å². The standard InChI is InChI=1S/C21H20F3N3OS/c1-12-9-16(29-11-12)15-6-4-3-5-13(15)10-27(14-7-8-14)21(28)17-18(19(22)23)25-26(2)20(17)24/h3-6,9,11,14,19H,7-8,10H2,1-2H3. The smallest absolute Gasteiger partial charge is 0.283 e. The van der Waals surface area contributed by atoms with E-state index in [-0.39, 0.29) is 12.6 Å². The van der Waals surface area contributed by atoms with Crippen LogP contribution in [-0.4, -0.2) is 26.6 Å². The molecule has 0 radical (unpaired) electrons. The molecule has 0 bridgehead atoms. The number of halogens is 3. The molecule has 2 aromatic heterocycles. The highest BCUT2D eigenvalue weighted by Crippen LogP contribution is 2.35. The molecule has 29 heavy (non-hydrogen) atoms. The Morgan fingerprint density at radius 1 is 1.34 bits per heavy atom. The van der Waals surface area contributed by atoms with Gasteiger partial charge in [0.2, 0.25) is 5.95 Å². The molecular formula is C21H20F3N3OS. The molecule has 0 unspecified atom stereocenters. The molecule has 1 aromatic carbocycles. The Balaban J connectivity index is 1.70. The maximum atomic E-state index is 14.5. The Labute approximate surface area is 170 Å². The van der Waals surface area contributed by atoms with Crippen LogP contribution in [0, 0.1) is 12.9 Å². The van der Waals surface area contributed by atoms with Crippen LogP contribution in [0.1, 0.15) is 46.4 Å². The third-order valence-electron chi connectivity index (χ3n) is 5.03. The number of carbonyl (C=O) groups is 1. The fraction of sp³-hybridized carbons (Fsp3) is 0.333. The van der Waals surface area contributed by atoms with Crippen LogP contribution in [0.2, 0.25) is 0 Å². The van der Waals surface area contributed by atoms with E-state index in [4.69, 9.17) is 0 Å². The first-order valence-corrected chi connectivity index (χ1v) is 10.2. The van der Waals surface area contributed by atoms with Crippen molar-refractivity contribution in [3.63, 3.8) is 0 Å². The van der Waals surface area contributed by atoms with Gasteiger partial charge in [-0.15, -0.1) is 11.3 Å². The maximum absolute atomic E-state index is 14.5. The molecule has 0 atom stereocenters. The van der Waals surface area contributed by atoms with Crippen LogP contribution in [0.15, 0.2) is 35.7 Å². The third kappa shape index (κ3) is 3.81. The zero-order chi connectivity index (χ0) is 20.7. The van der Waals surface area contributed by atoms with E-state index in [1.54, 1.807) is 11.3 Å². The van der Waals surface area contributed by atoms with E-state index in [0.29, 0.717) is 4.68 Å². The Hall–Kier alpha value is -2.61. The topological polar surface area (TPSA) is 38.1 Å². The predicted molar refractivity (Wildman–Crippen MR) is 106 cm³/mol. The summed E-state index contributed by atoms with van der Waals surface area (Å²) in [5.41, 5.74) is 1.61. The number of nitrogens with zero attached hydrogens (tertiary/aromatic N) is 3. The second-order valence-corrected chi connectivity index (χ2v) is 8.20. The number of hydrogen-bond acceptors (Lipinski definition) is 3. The SMILES string of the molecule is Cc1csc(-c2ccccc2CN(C(=O)c2c(C(F)F)nn(C)c2F)C2CC2)c1. The highest BCUT2D eigenvalue weighted by molar-refractivity contribution is 7.13. The first kappa shape index (κ1) is 19.7. The summed E-state index contributed by atoms with van der Waals surface area (Å²) >= 11 is 1.61. The van der Waals surface area contributed by atoms with Gasteiger partial charge in [0, 0.05) is 24.5 Å². The summed E-state index contributed by atoms with van der Waals surface area (Å²) in [6.07, 6.45) is -1.47. The largest absolute Gasteiger partial charge is 0.331 e. The minimum Gasteiger partial charge on any atom is -0.331 e. The predicted octanol–water partition coefficient (Wildman–Crippen LogP) is 5.34. The van der Waals surface area contributed by atoms with Gasteiger partial charge < -0.3 is 4.90 Å². The molecule has 2 heterocycles. The second-order valence-electron chi connectivity index (χ2n) is 7.29. The Kier molecular flexibility index (Phi) is 5.21. The lowest BCUT2D eigenvalue weighted by Gasteiger charge is -2.24. The molecule has 0 spiro atoms. The van der Waals surface area contributed by atoms with Crippen molar-refractivity contribution in [2.75, 3.05) is 0 Å². The summed E-state index contributed by atoms with van der Waals surface area (Å²) in [6, 6.07) is 9.69. The molecule has 1 aliphatic rings. The molecule has 0 N–H and O–H groups in total. The van der Waals surface area contributed by atoms with E-state index < -0.39 is 29.5 Å². The Bertz CT molecular complexity index is 1060. The fourth-order valence-corrected chi connectivity index (χ4v) is 4.39. The lowest BCUT2D eigenvalue weighted by Crippen LogP contribution is -2.34. The number of alkyl halides is 2. The van der Waals surface area contributed by atoms with Crippen molar-refractivity contribution in [3.8, 4) is 10.4 Å². The van der Waals surface area contributed by atoms with Crippen LogP contribution in [-0.2, 0) is 13.6 Å². The monoisotopic (exact) mass is 419 g/mol. The molecule has 152 valence electrons. The van der Waals surface area contributed by atoms with Gasteiger partial charge in [-0.05, 0) is 47.9 Å². The Morgan fingerprint density at radius 3 is 2.69 bits per heavy atom. The van der Waals surface area contributed by atoms with Crippen LogP contribution in [0.25, 0.3) is 10.4 Å². The number of benzene rings is 1. The molecule has 0 aliphatic heterocycles. The van der Waals surface area contributed by atoms with E-state index in [1.807, 2.05) is 31.2 Å². The van der Waals surface area contributed by atoms with Gasteiger partial charge in [0.25, 0.3) is 12.3 Å². The van der Waals surface area contributed by atoms with Gasteiger partial charge in [0.15, 0.2) is 0 Å². The second kappa shape index (κ2) is 7.67. The minimum atomic E-state index is -3.02. The van der Waals surface area contributed by atoms with Crippen molar-refractivity contribution in [1.29, 1.82) is 0 Å². The first-order valence-electron chi connectivity index (χ1n) is 9.31. The van der Waals surface area contributed by atoms with E-state index in [2.05, 4.69) is 16.5 Å². The number of hydrogen-bond donors (Lipinski definition) is 0. The van der Waals surface area contributed by atoms with E-state index in [9.17, 15) is 18.0 Å². The molecule has 8 heteroatoms. The quantitative estimate of drug-likeness (QED) is 0.541. The maximum Gasteiger partial charge on any atom is 0.283 e. The summed E-state index contributed by atoms with van der Waals surface area (Å²) in [6.45, 7) is 2.24. The highest BCUT2D eigenvalue weighted by atomic mass is 32.1. The molecule has 0 saturated heterocycles. The van der Waals surface area contributed by atoms with E-state index in [1.165, 1.54) is 11.9 Å². The fourth-order valence-electron chi connectivity index (χ4n) is 3.42. The van der Waals surface area contributed by atoms with Gasteiger partial charge >= 0.3 is 0 Å². The normalized spacial score (nSPS) is 13.9. The number of aryl methyl sites for hydroxylation is 2. The average molecular weight is 419 g/mol. The van der Waals surface area contributed by atoms with Gasteiger partial charge in [-0.2, -0.15) is 9.49 Å². The van der Waals surface area contributed by atoms with Crippen LogP contribution in [0.4, 0.5) is 13.2 Å². The van der Waals surface area contributed by atoms with E-state index >= 15 is 0 Å². The summed E-state index contributed by atoms with van der Waals surface area (Å²) in [4.78, 5) is 15.7. The van der Waals surface area contributed by atoms with Gasteiger partial charge in [-0.1, -0.05) is 24.3 Å². The van der Waals surface area contributed by atoms with Crippen molar-refractivity contribution in [2.24, 2.45) is 7.05 Å². The lowest BCUT2D eigenvalue weighted by atomic mass is 10.0. The average Bonchev–Trinajstić information content (AvgIpc) is 3.37. The Morgan fingerprint density at radius 2 is 2.07 bits per heavy atom. The van der Waals surface area contributed by atoms with Gasteiger partial charge in [0.1, 0.15) is 11.3 Å². The summed E-state index contributed by atoms with van der Waals surface area (Å²) in [7, 11) is 1.22. The minimum absolute atomic E-state index is 0.0780. The number of rotatable bonds is 6. The third-order valence-corrected chi connectivity index (χ3v) is 6.11. The van der Waals surface area contributed by atoms with Gasteiger partial charge in [0.05, 0.1) is 0 Å². The molecule has 1 saturated carbocycles. The first-order chi connectivity index (χ1) is 13.9. The number of carbonyl (C=O) groups excluding carboxylic acids is 1. The molecule has 1 aliphatic carbocycles. The highest BCUT2D eigenvalue weighted by Gasteiger charge is 2.38. The molecule has 1 amide bonds. The van der Waals surface area contributed by atoms with Crippen LogP contribution < -0.4 is 0 Å². The zero-order valence-electron chi connectivity index (χ0n) is 16.0. The molecule has 4 nitrogen and oxygen atoms in total. The lowest BCUT2D eigenvalue weighted by molar-refractivity contribution is 0.0712. The molecule has 3 aromatic rings.